The highest BCUT2D eigenvalue weighted by Gasteiger charge is 2.00. The number of nitrogens with one attached hydrogen (secondary N) is 1. The molecule has 0 saturated heterocycles. The van der Waals surface area contributed by atoms with E-state index in [0.717, 1.165) is 18.8 Å². The molecule has 18 heavy (non-hydrogen) atoms. The fourth-order valence-corrected chi connectivity index (χ4v) is 1.95. The monoisotopic (exact) mass is 243 g/mol. The number of rotatable bonds is 6. The maximum atomic E-state index is 5.84. The van der Waals surface area contributed by atoms with Crippen molar-refractivity contribution >= 4 is 10.8 Å². The third kappa shape index (κ3) is 3.47. The van der Waals surface area contributed by atoms with Gasteiger partial charge in [-0.3, -0.25) is 0 Å². The Morgan fingerprint density at radius 2 is 1.83 bits per heavy atom. The molecule has 1 N–H and O–H groups in total. The summed E-state index contributed by atoms with van der Waals surface area (Å²) in [6, 6.07) is 14.5. The van der Waals surface area contributed by atoms with Gasteiger partial charge in [0.05, 0.1) is 0 Å². The second kappa shape index (κ2) is 6.41. The molecule has 96 valence electrons. The second-order valence-electron chi connectivity index (χ2n) is 4.92. The Labute approximate surface area is 109 Å². The first-order valence-corrected chi connectivity index (χ1v) is 6.58. The van der Waals surface area contributed by atoms with Crippen LogP contribution in [0, 0.1) is 5.92 Å². The summed E-state index contributed by atoms with van der Waals surface area (Å²) in [6.07, 6.45) is 0. The molecule has 0 aromatic heterocycles. The summed E-state index contributed by atoms with van der Waals surface area (Å²) in [7, 11) is 0. The van der Waals surface area contributed by atoms with Gasteiger partial charge in [-0.1, -0.05) is 50.2 Å². The van der Waals surface area contributed by atoms with Gasteiger partial charge in [-0.05, 0) is 23.9 Å². The van der Waals surface area contributed by atoms with E-state index < -0.39 is 0 Å². The molecule has 2 nitrogen and oxygen atoms in total. The van der Waals surface area contributed by atoms with Crippen molar-refractivity contribution in [1.29, 1.82) is 0 Å². The highest BCUT2D eigenvalue weighted by molar-refractivity contribution is 5.88. The van der Waals surface area contributed by atoms with Gasteiger partial charge in [0.15, 0.2) is 0 Å². The smallest absolute Gasteiger partial charge is 0.127 e. The van der Waals surface area contributed by atoms with Crippen molar-refractivity contribution < 1.29 is 4.74 Å². The molecule has 0 spiro atoms. The minimum Gasteiger partial charge on any atom is -0.492 e. The molecule has 0 unspecified atom stereocenters. The van der Waals surface area contributed by atoms with Gasteiger partial charge in [-0.2, -0.15) is 0 Å². The fraction of sp³-hybridized carbons (Fsp3) is 0.375. The van der Waals surface area contributed by atoms with E-state index in [1.165, 1.54) is 10.8 Å². The van der Waals surface area contributed by atoms with E-state index >= 15 is 0 Å². The van der Waals surface area contributed by atoms with E-state index in [9.17, 15) is 0 Å². The third-order valence-corrected chi connectivity index (χ3v) is 2.84. The Kier molecular flexibility index (Phi) is 4.59. The first kappa shape index (κ1) is 12.9. The molecule has 0 atom stereocenters. The Hall–Kier alpha value is -1.54. The third-order valence-electron chi connectivity index (χ3n) is 2.84. The minimum absolute atomic E-state index is 0.683. The first-order chi connectivity index (χ1) is 8.77. The normalized spacial score (nSPS) is 11.1. The van der Waals surface area contributed by atoms with Crippen molar-refractivity contribution in [2.45, 2.75) is 13.8 Å². The summed E-state index contributed by atoms with van der Waals surface area (Å²) < 4.78 is 5.84. The lowest BCUT2D eigenvalue weighted by atomic mass is 10.1. The zero-order chi connectivity index (χ0) is 12.8. The van der Waals surface area contributed by atoms with E-state index in [1.807, 2.05) is 18.2 Å². The Bertz CT molecular complexity index is 488. The van der Waals surface area contributed by atoms with Gasteiger partial charge >= 0.3 is 0 Å². The molecule has 0 aliphatic rings. The van der Waals surface area contributed by atoms with Crippen LogP contribution in [-0.2, 0) is 0 Å². The Morgan fingerprint density at radius 1 is 1.06 bits per heavy atom. The Morgan fingerprint density at radius 3 is 2.67 bits per heavy atom. The molecule has 0 radical (unpaired) electrons. The molecular formula is C16H21NO. The number of benzene rings is 2. The quantitative estimate of drug-likeness (QED) is 0.784. The summed E-state index contributed by atoms with van der Waals surface area (Å²) in [5.74, 6) is 1.65. The van der Waals surface area contributed by atoms with Crippen LogP contribution in [0.1, 0.15) is 13.8 Å². The average molecular weight is 243 g/mol. The van der Waals surface area contributed by atoms with Gasteiger partial charge in [0.2, 0.25) is 0 Å². The van der Waals surface area contributed by atoms with Crippen LogP contribution < -0.4 is 10.1 Å². The van der Waals surface area contributed by atoms with Crippen molar-refractivity contribution in [3.8, 4) is 5.75 Å². The van der Waals surface area contributed by atoms with Gasteiger partial charge in [0.1, 0.15) is 12.4 Å². The van der Waals surface area contributed by atoms with Crippen molar-refractivity contribution in [2.24, 2.45) is 5.92 Å². The van der Waals surface area contributed by atoms with E-state index in [2.05, 4.69) is 43.4 Å². The van der Waals surface area contributed by atoms with Crippen molar-refractivity contribution in [2.75, 3.05) is 19.7 Å². The van der Waals surface area contributed by atoms with Gasteiger partial charge in [-0.25, -0.2) is 0 Å². The predicted octanol–water partition coefficient (Wildman–Crippen LogP) is 3.46. The van der Waals surface area contributed by atoms with Crippen LogP contribution in [0.4, 0.5) is 0 Å². The molecule has 2 aromatic carbocycles. The van der Waals surface area contributed by atoms with Crippen molar-refractivity contribution in [1.82, 2.24) is 5.32 Å². The topological polar surface area (TPSA) is 21.3 Å². The molecule has 0 aliphatic heterocycles. The van der Waals surface area contributed by atoms with E-state index in [4.69, 9.17) is 4.74 Å². The van der Waals surface area contributed by atoms with Gasteiger partial charge < -0.3 is 10.1 Å². The zero-order valence-corrected chi connectivity index (χ0v) is 11.1. The maximum absolute atomic E-state index is 5.84. The van der Waals surface area contributed by atoms with Crippen LogP contribution >= 0.6 is 0 Å². The summed E-state index contributed by atoms with van der Waals surface area (Å²) in [6.45, 7) is 7.05. The lowest BCUT2D eigenvalue weighted by Gasteiger charge is -2.11. The largest absolute Gasteiger partial charge is 0.492 e. The highest BCUT2D eigenvalue weighted by atomic mass is 16.5. The fourth-order valence-electron chi connectivity index (χ4n) is 1.95. The number of hydrogen-bond donors (Lipinski definition) is 1. The molecule has 0 aliphatic carbocycles. The molecule has 2 heteroatoms. The van der Waals surface area contributed by atoms with Crippen molar-refractivity contribution in [3.63, 3.8) is 0 Å². The number of hydrogen-bond acceptors (Lipinski definition) is 2. The average Bonchev–Trinajstić information content (AvgIpc) is 2.38. The zero-order valence-electron chi connectivity index (χ0n) is 11.1. The number of ether oxygens (including phenoxy) is 1. The molecule has 0 saturated carbocycles. The standard InChI is InChI=1S/C16H21NO/c1-13(2)12-17-10-11-18-16-9-5-7-14-6-3-4-8-15(14)16/h3-9,13,17H,10-12H2,1-2H3. The minimum atomic E-state index is 0.683. The molecule has 0 amide bonds. The summed E-state index contributed by atoms with van der Waals surface area (Å²) in [5, 5.41) is 5.79. The summed E-state index contributed by atoms with van der Waals surface area (Å²) in [4.78, 5) is 0. The highest BCUT2D eigenvalue weighted by Crippen LogP contribution is 2.24. The molecule has 2 aromatic rings. The van der Waals surface area contributed by atoms with Crippen LogP contribution in [0.2, 0.25) is 0 Å². The predicted molar refractivity (Wildman–Crippen MR) is 77.2 cm³/mol. The van der Waals surface area contributed by atoms with Gasteiger partial charge in [-0.15, -0.1) is 0 Å². The molecular weight excluding hydrogens is 222 g/mol. The van der Waals surface area contributed by atoms with Crippen molar-refractivity contribution in [3.05, 3.63) is 42.5 Å². The summed E-state index contributed by atoms with van der Waals surface area (Å²) >= 11 is 0. The SMILES string of the molecule is CC(C)CNCCOc1cccc2ccccc12. The summed E-state index contributed by atoms with van der Waals surface area (Å²) in [5.41, 5.74) is 0. The molecule has 0 fully saturated rings. The molecule has 0 bridgehead atoms. The Balaban J connectivity index is 1.91. The van der Waals surface area contributed by atoms with E-state index in [0.29, 0.717) is 12.5 Å². The van der Waals surface area contributed by atoms with Gasteiger partial charge in [0.25, 0.3) is 0 Å². The second-order valence-corrected chi connectivity index (χ2v) is 4.92. The maximum Gasteiger partial charge on any atom is 0.127 e. The lowest BCUT2D eigenvalue weighted by Crippen LogP contribution is -2.24. The molecule has 0 heterocycles. The van der Waals surface area contributed by atoms with Crippen LogP contribution in [0.5, 0.6) is 5.75 Å². The van der Waals surface area contributed by atoms with E-state index in [1.54, 1.807) is 0 Å². The van der Waals surface area contributed by atoms with Gasteiger partial charge in [0, 0.05) is 11.9 Å². The lowest BCUT2D eigenvalue weighted by molar-refractivity contribution is 0.314. The van der Waals surface area contributed by atoms with Crippen LogP contribution in [0.25, 0.3) is 10.8 Å². The van der Waals surface area contributed by atoms with Crippen LogP contribution in [0.15, 0.2) is 42.5 Å². The molecule has 2 rings (SSSR count). The first-order valence-electron chi connectivity index (χ1n) is 6.58. The van der Waals surface area contributed by atoms with Crippen LogP contribution in [-0.4, -0.2) is 19.7 Å². The van der Waals surface area contributed by atoms with Crippen LogP contribution in [0.3, 0.4) is 0 Å². The van der Waals surface area contributed by atoms with E-state index in [-0.39, 0.29) is 0 Å². The number of fused-ring (bicyclic) bond motifs is 1.